The van der Waals surface area contributed by atoms with E-state index in [9.17, 15) is 9.18 Å². The Bertz CT molecular complexity index is 463. The standard InChI is InChI=1S/C13H18FN3O2/c1-2-5-11(13(15)17-19)16-12(18)8-9-6-3-4-7-10(9)14/h3-4,6-7,11,19H,2,5,8H2,1H3,(H2,15,17)(H,16,18). The van der Waals surface area contributed by atoms with Gasteiger partial charge in [0.25, 0.3) is 0 Å². The van der Waals surface area contributed by atoms with Gasteiger partial charge in [-0.25, -0.2) is 4.39 Å². The van der Waals surface area contributed by atoms with E-state index in [1.54, 1.807) is 18.2 Å². The summed E-state index contributed by atoms with van der Waals surface area (Å²) in [6.07, 6.45) is 1.24. The second-order valence-electron chi connectivity index (χ2n) is 4.20. The molecule has 0 aliphatic heterocycles. The molecular formula is C13H18FN3O2. The molecule has 19 heavy (non-hydrogen) atoms. The van der Waals surface area contributed by atoms with Gasteiger partial charge in [0.1, 0.15) is 5.82 Å². The molecule has 5 nitrogen and oxygen atoms in total. The lowest BCUT2D eigenvalue weighted by Gasteiger charge is -2.16. The van der Waals surface area contributed by atoms with Crippen LogP contribution in [0.2, 0.25) is 0 Å². The minimum absolute atomic E-state index is 0.0521. The molecule has 0 aliphatic rings. The molecule has 1 aromatic rings. The summed E-state index contributed by atoms with van der Waals surface area (Å²) >= 11 is 0. The third-order valence-electron chi connectivity index (χ3n) is 2.69. The third kappa shape index (κ3) is 4.57. The average molecular weight is 267 g/mol. The molecular weight excluding hydrogens is 249 g/mol. The molecule has 0 spiro atoms. The van der Waals surface area contributed by atoms with E-state index in [0.717, 1.165) is 6.42 Å². The summed E-state index contributed by atoms with van der Waals surface area (Å²) in [6.45, 7) is 1.92. The van der Waals surface area contributed by atoms with Gasteiger partial charge < -0.3 is 16.3 Å². The quantitative estimate of drug-likeness (QED) is 0.315. The molecule has 1 unspecified atom stereocenters. The zero-order chi connectivity index (χ0) is 14.3. The first-order valence-electron chi connectivity index (χ1n) is 6.08. The van der Waals surface area contributed by atoms with Crippen LogP contribution in [-0.4, -0.2) is 23.0 Å². The summed E-state index contributed by atoms with van der Waals surface area (Å²) in [5, 5.41) is 14.1. The highest BCUT2D eigenvalue weighted by atomic mass is 19.1. The van der Waals surface area contributed by atoms with Crippen LogP contribution in [0.15, 0.2) is 29.4 Å². The highest BCUT2D eigenvalue weighted by molar-refractivity contribution is 5.90. The van der Waals surface area contributed by atoms with Crippen molar-refractivity contribution in [3.05, 3.63) is 35.6 Å². The molecule has 1 rings (SSSR count). The molecule has 0 radical (unpaired) electrons. The van der Waals surface area contributed by atoms with Crippen LogP contribution in [0.4, 0.5) is 4.39 Å². The smallest absolute Gasteiger partial charge is 0.225 e. The van der Waals surface area contributed by atoms with Crippen molar-refractivity contribution in [2.45, 2.75) is 32.2 Å². The van der Waals surface area contributed by atoms with Gasteiger partial charge in [-0.3, -0.25) is 4.79 Å². The Morgan fingerprint density at radius 3 is 2.79 bits per heavy atom. The largest absolute Gasteiger partial charge is 0.409 e. The van der Waals surface area contributed by atoms with E-state index in [-0.39, 0.29) is 18.2 Å². The van der Waals surface area contributed by atoms with Crippen molar-refractivity contribution >= 4 is 11.7 Å². The van der Waals surface area contributed by atoms with E-state index in [2.05, 4.69) is 10.5 Å². The topological polar surface area (TPSA) is 87.7 Å². The van der Waals surface area contributed by atoms with Crippen LogP contribution in [0.3, 0.4) is 0 Å². The SMILES string of the molecule is CCCC(NC(=O)Cc1ccccc1F)/C(N)=N/O. The first kappa shape index (κ1) is 14.9. The summed E-state index contributed by atoms with van der Waals surface area (Å²) in [5.41, 5.74) is 5.80. The van der Waals surface area contributed by atoms with Crippen molar-refractivity contribution < 1.29 is 14.4 Å². The molecule has 0 aromatic heterocycles. The predicted octanol–water partition coefficient (Wildman–Crippen LogP) is 1.40. The molecule has 0 saturated heterocycles. The van der Waals surface area contributed by atoms with E-state index in [0.29, 0.717) is 12.0 Å². The van der Waals surface area contributed by atoms with E-state index in [1.807, 2.05) is 6.92 Å². The van der Waals surface area contributed by atoms with Gasteiger partial charge in [0.2, 0.25) is 5.91 Å². The Morgan fingerprint density at radius 2 is 2.21 bits per heavy atom. The number of nitrogens with two attached hydrogens (primary N) is 1. The van der Waals surface area contributed by atoms with Gasteiger partial charge in [-0.2, -0.15) is 0 Å². The molecule has 0 bridgehead atoms. The lowest BCUT2D eigenvalue weighted by molar-refractivity contribution is -0.120. The number of hydrogen-bond donors (Lipinski definition) is 3. The van der Waals surface area contributed by atoms with Crippen LogP contribution < -0.4 is 11.1 Å². The van der Waals surface area contributed by atoms with Crippen molar-refractivity contribution in [2.75, 3.05) is 0 Å². The van der Waals surface area contributed by atoms with E-state index < -0.39 is 11.9 Å². The summed E-state index contributed by atoms with van der Waals surface area (Å²) in [5.74, 6) is -0.840. The summed E-state index contributed by atoms with van der Waals surface area (Å²) < 4.78 is 13.4. The second-order valence-corrected chi connectivity index (χ2v) is 4.20. The number of carbonyl (C=O) groups excluding carboxylic acids is 1. The fourth-order valence-corrected chi connectivity index (χ4v) is 1.71. The number of rotatable bonds is 6. The van der Waals surface area contributed by atoms with Gasteiger partial charge in [-0.05, 0) is 18.1 Å². The predicted molar refractivity (Wildman–Crippen MR) is 70.4 cm³/mol. The van der Waals surface area contributed by atoms with Gasteiger partial charge in [-0.15, -0.1) is 0 Å². The summed E-state index contributed by atoms with van der Waals surface area (Å²) in [4.78, 5) is 11.8. The molecule has 0 heterocycles. The number of amidine groups is 1. The van der Waals surface area contributed by atoms with E-state index in [1.165, 1.54) is 6.07 Å². The first-order valence-corrected chi connectivity index (χ1v) is 6.08. The fraction of sp³-hybridized carbons (Fsp3) is 0.385. The number of nitrogens with one attached hydrogen (secondary N) is 1. The number of halogens is 1. The Balaban J connectivity index is 2.65. The summed E-state index contributed by atoms with van der Waals surface area (Å²) in [7, 11) is 0. The molecule has 0 fully saturated rings. The Hall–Kier alpha value is -2.11. The molecule has 0 aliphatic carbocycles. The zero-order valence-corrected chi connectivity index (χ0v) is 10.8. The molecule has 1 atom stereocenters. The average Bonchev–Trinajstić information content (AvgIpc) is 2.40. The zero-order valence-electron chi connectivity index (χ0n) is 10.8. The minimum Gasteiger partial charge on any atom is -0.409 e. The minimum atomic E-state index is -0.533. The normalized spacial score (nSPS) is 13.1. The van der Waals surface area contributed by atoms with Crippen molar-refractivity contribution in [1.82, 2.24) is 5.32 Å². The van der Waals surface area contributed by atoms with Crippen molar-refractivity contribution in [2.24, 2.45) is 10.9 Å². The number of oxime groups is 1. The van der Waals surface area contributed by atoms with Crippen LogP contribution in [0.5, 0.6) is 0 Å². The number of nitrogens with zero attached hydrogens (tertiary/aromatic N) is 1. The van der Waals surface area contributed by atoms with Crippen LogP contribution in [0.25, 0.3) is 0 Å². The van der Waals surface area contributed by atoms with E-state index in [4.69, 9.17) is 10.9 Å². The van der Waals surface area contributed by atoms with Crippen LogP contribution in [0, 0.1) is 5.82 Å². The first-order chi connectivity index (χ1) is 9.08. The maximum atomic E-state index is 13.4. The molecule has 104 valence electrons. The van der Waals surface area contributed by atoms with Gasteiger partial charge in [0.05, 0.1) is 12.5 Å². The Kier molecular flexibility index (Phi) is 5.78. The van der Waals surface area contributed by atoms with Crippen LogP contribution in [-0.2, 0) is 11.2 Å². The van der Waals surface area contributed by atoms with Gasteiger partial charge in [-0.1, -0.05) is 36.7 Å². The maximum absolute atomic E-state index is 13.4. The number of carbonyl (C=O) groups is 1. The Morgan fingerprint density at radius 1 is 1.53 bits per heavy atom. The molecule has 1 amide bonds. The van der Waals surface area contributed by atoms with Crippen molar-refractivity contribution in [3.8, 4) is 0 Å². The van der Waals surface area contributed by atoms with Gasteiger partial charge in [0, 0.05) is 0 Å². The summed E-state index contributed by atoms with van der Waals surface area (Å²) in [6, 6.07) is 5.55. The number of hydrogen-bond acceptors (Lipinski definition) is 3. The van der Waals surface area contributed by atoms with Crippen molar-refractivity contribution in [1.29, 1.82) is 0 Å². The third-order valence-corrected chi connectivity index (χ3v) is 2.69. The van der Waals surface area contributed by atoms with E-state index >= 15 is 0 Å². The lowest BCUT2D eigenvalue weighted by atomic mass is 10.1. The van der Waals surface area contributed by atoms with Crippen molar-refractivity contribution in [3.63, 3.8) is 0 Å². The monoisotopic (exact) mass is 267 g/mol. The van der Waals surface area contributed by atoms with Gasteiger partial charge >= 0.3 is 0 Å². The van der Waals surface area contributed by atoms with Crippen LogP contribution >= 0.6 is 0 Å². The van der Waals surface area contributed by atoms with Crippen LogP contribution in [0.1, 0.15) is 25.3 Å². The van der Waals surface area contributed by atoms with Gasteiger partial charge in [0.15, 0.2) is 5.84 Å². The maximum Gasteiger partial charge on any atom is 0.225 e. The lowest BCUT2D eigenvalue weighted by Crippen LogP contribution is -2.45. The number of benzene rings is 1. The molecule has 1 aromatic carbocycles. The highest BCUT2D eigenvalue weighted by Gasteiger charge is 2.17. The Labute approximate surface area is 111 Å². The molecule has 0 saturated carbocycles. The highest BCUT2D eigenvalue weighted by Crippen LogP contribution is 2.07. The second kappa shape index (κ2) is 7.35. The number of amides is 1. The fourth-order valence-electron chi connectivity index (χ4n) is 1.71. The molecule has 4 N–H and O–H groups in total. The molecule has 6 heteroatoms.